The van der Waals surface area contributed by atoms with Crippen molar-refractivity contribution in [2.45, 2.75) is 25.7 Å². The third-order valence-corrected chi connectivity index (χ3v) is 5.26. The van der Waals surface area contributed by atoms with E-state index in [4.69, 9.17) is 4.74 Å². The number of hydrogen-bond donors (Lipinski definition) is 2. The van der Waals surface area contributed by atoms with Gasteiger partial charge in [0.1, 0.15) is 6.54 Å². The average Bonchev–Trinajstić information content (AvgIpc) is 2.62. The molecule has 144 valence electrons. The number of sulfonamides is 1. The number of hydrogen-bond acceptors (Lipinski definition) is 5. The van der Waals surface area contributed by atoms with E-state index in [1.807, 2.05) is 39.0 Å². The van der Waals surface area contributed by atoms with E-state index in [-0.39, 0.29) is 4.90 Å². The summed E-state index contributed by atoms with van der Waals surface area (Å²) in [4.78, 5) is 23.7. The number of anilines is 1. The van der Waals surface area contributed by atoms with E-state index in [2.05, 4.69) is 10.0 Å². The SMILES string of the molecule is Cc1ccc(S(=O)(=O)NCC(=O)OCC(=O)Nc2c(C)cccc2C)cc1. The predicted molar refractivity (Wildman–Crippen MR) is 102 cm³/mol. The van der Waals surface area contributed by atoms with Crippen LogP contribution in [0, 0.1) is 20.8 Å². The van der Waals surface area contributed by atoms with Gasteiger partial charge in [-0.25, -0.2) is 8.42 Å². The second-order valence-electron chi connectivity index (χ2n) is 6.11. The van der Waals surface area contributed by atoms with Crippen molar-refractivity contribution in [1.82, 2.24) is 4.72 Å². The summed E-state index contributed by atoms with van der Waals surface area (Å²) in [5, 5.41) is 2.68. The molecule has 0 fully saturated rings. The maximum absolute atomic E-state index is 12.1. The molecule has 0 heterocycles. The predicted octanol–water partition coefficient (Wildman–Crippen LogP) is 2.07. The van der Waals surface area contributed by atoms with Gasteiger partial charge in [0.2, 0.25) is 10.0 Å². The van der Waals surface area contributed by atoms with Crippen molar-refractivity contribution in [2.24, 2.45) is 0 Å². The first-order chi connectivity index (χ1) is 12.7. The van der Waals surface area contributed by atoms with E-state index >= 15 is 0 Å². The molecule has 0 saturated carbocycles. The van der Waals surface area contributed by atoms with Crippen molar-refractivity contribution in [3.8, 4) is 0 Å². The number of para-hydroxylation sites is 1. The lowest BCUT2D eigenvalue weighted by Crippen LogP contribution is -2.32. The molecular weight excluding hydrogens is 368 g/mol. The summed E-state index contributed by atoms with van der Waals surface area (Å²) in [5.41, 5.74) is 3.36. The van der Waals surface area contributed by atoms with Gasteiger partial charge in [-0.3, -0.25) is 9.59 Å². The average molecular weight is 390 g/mol. The number of ether oxygens (including phenoxy) is 1. The molecule has 0 unspecified atom stereocenters. The minimum absolute atomic E-state index is 0.0497. The highest BCUT2D eigenvalue weighted by molar-refractivity contribution is 7.89. The first-order valence-corrected chi connectivity index (χ1v) is 9.75. The molecule has 0 atom stereocenters. The number of rotatable bonds is 7. The quantitative estimate of drug-likeness (QED) is 0.705. The molecule has 2 aromatic rings. The monoisotopic (exact) mass is 390 g/mol. The van der Waals surface area contributed by atoms with Crippen LogP contribution in [0.3, 0.4) is 0 Å². The third kappa shape index (κ3) is 5.90. The minimum Gasteiger partial charge on any atom is -0.455 e. The molecule has 0 aromatic heterocycles. The summed E-state index contributed by atoms with van der Waals surface area (Å²) in [6.07, 6.45) is 0. The summed E-state index contributed by atoms with van der Waals surface area (Å²) in [5.74, 6) is -1.34. The number of amides is 1. The van der Waals surface area contributed by atoms with Crippen molar-refractivity contribution in [2.75, 3.05) is 18.5 Å². The van der Waals surface area contributed by atoms with E-state index in [0.29, 0.717) is 5.69 Å². The fourth-order valence-electron chi connectivity index (χ4n) is 2.34. The van der Waals surface area contributed by atoms with Crippen molar-refractivity contribution in [3.63, 3.8) is 0 Å². The number of benzene rings is 2. The first kappa shape index (κ1) is 20.6. The zero-order chi connectivity index (χ0) is 20.0. The third-order valence-electron chi connectivity index (χ3n) is 3.85. The number of nitrogens with one attached hydrogen (secondary N) is 2. The normalized spacial score (nSPS) is 11.1. The van der Waals surface area contributed by atoms with Gasteiger partial charge < -0.3 is 10.1 Å². The number of carbonyl (C=O) groups excluding carboxylic acids is 2. The zero-order valence-corrected chi connectivity index (χ0v) is 16.2. The van der Waals surface area contributed by atoms with Crippen LogP contribution >= 0.6 is 0 Å². The van der Waals surface area contributed by atoms with E-state index in [0.717, 1.165) is 16.7 Å². The molecule has 0 aliphatic rings. The topological polar surface area (TPSA) is 102 Å². The Morgan fingerprint density at radius 3 is 2.15 bits per heavy atom. The summed E-state index contributed by atoms with van der Waals surface area (Å²) in [7, 11) is -3.82. The molecule has 27 heavy (non-hydrogen) atoms. The Kier molecular flexibility index (Phi) is 6.70. The fraction of sp³-hybridized carbons (Fsp3) is 0.263. The molecule has 0 aliphatic carbocycles. The molecule has 2 rings (SSSR count). The lowest BCUT2D eigenvalue weighted by atomic mass is 10.1. The summed E-state index contributed by atoms with van der Waals surface area (Å²) < 4.78 is 31.2. The second kappa shape index (κ2) is 8.79. The number of esters is 1. The maximum atomic E-state index is 12.1. The van der Waals surface area contributed by atoms with Crippen LogP contribution in [0.25, 0.3) is 0 Å². The largest absolute Gasteiger partial charge is 0.455 e. The molecule has 1 amide bonds. The van der Waals surface area contributed by atoms with Gasteiger partial charge in [-0.05, 0) is 44.0 Å². The molecule has 7 nitrogen and oxygen atoms in total. The molecule has 2 aromatic carbocycles. The van der Waals surface area contributed by atoms with Crippen LogP contribution < -0.4 is 10.0 Å². The lowest BCUT2D eigenvalue weighted by molar-refractivity contribution is -0.146. The molecule has 0 spiro atoms. The van der Waals surface area contributed by atoms with Crippen molar-refractivity contribution >= 4 is 27.6 Å². The van der Waals surface area contributed by atoms with E-state index in [1.54, 1.807) is 12.1 Å². The maximum Gasteiger partial charge on any atom is 0.321 e. The molecule has 2 N–H and O–H groups in total. The minimum atomic E-state index is -3.82. The van der Waals surface area contributed by atoms with Gasteiger partial charge in [-0.15, -0.1) is 0 Å². The molecule has 8 heteroatoms. The van der Waals surface area contributed by atoms with Gasteiger partial charge in [0.25, 0.3) is 5.91 Å². The van der Waals surface area contributed by atoms with Gasteiger partial charge in [-0.1, -0.05) is 35.9 Å². The Bertz CT molecular complexity index is 917. The van der Waals surface area contributed by atoms with Crippen molar-refractivity contribution in [3.05, 3.63) is 59.2 Å². The van der Waals surface area contributed by atoms with Crippen LogP contribution in [0.1, 0.15) is 16.7 Å². The first-order valence-electron chi connectivity index (χ1n) is 8.27. The highest BCUT2D eigenvalue weighted by atomic mass is 32.2. The van der Waals surface area contributed by atoms with E-state index in [1.165, 1.54) is 12.1 Å². The second-order valence-corrected chi connectivity index (χ2v) is 7.88. The lowest BCUT2D eigenvalue weighted by Gasteiger charge is -2.12. The van der Waals surface area contributed by atoms with Gasteiger partial charge in [0.05, 0.1) is 4.90 Å². The smallest absolute Gasteiger partial charge is 0.321 e. The summed E-state index contributed by atoms with van der Waals surface area (Å²) in [6, 6.07) is 11.8. The van der Waals surface area contributed by atoms with E-state index < -0.39 is 35.1 Å². The Morgan fingerprint density at radius 2 is 1.56 bits per heavy atom. The fourth-order valence-corrected chi connectivity index (χ4v) is 3.31. The van der Waals surface area contributed by atoms with E-state index in [9.17, 15) is 18.0 Å². The molecule has 0 radical (unpaired) electrons. The van der Waals surface area contributed by atoms with Crippen LogP contribution in [0.15, 0.2) is 47.4 Å². The molecule has 0 aliphatic heterocycles. The van der Waals surface area contributed by atoms with Crippen LogP contribution in [-0.4, -0.2) is 33.4 Å². The molecular formula is C19H22N2O5S. The summed E-state index contributed by atoms with van der Waals surface area (Å²) in [6.45, 7) is 4.49. The van der Waals surface area contributed by atoms with Crippen LogP contribution in [-0.2, 0) is 24.3 Å². The Hall–Kier alpha value is -2.71. The van der Waals surface area contributed by atoms with Gasteiger partial charge in [0, 0.05) is 5.69 Å². The Morgan fingerprint density at radius 1 is 0.963 bits per heavy atom. The molecule has 0 saturated heterocycles. The standard InChI is InChI=1S/C19H22N2O5S/c1-13-7-9-16(10-8-13)27(24,25)20-11-18(23)26-12-17(22)21-19-14(2)5-4-6-15(19)3/h4-10,20H,11-12H2,1-3H3,(H,21,22). The van der Waals surface area contributed by atoms with Crippen LogP contribution in [0.2, 0.25) is 0 Å². The number of carbonyl (C=O) groups is 2. The van der Waals surface area contributed by atoms with Gasteiger partial charge in [0.15, 0.2) is 6.61 Å². The Balaban J connectivity index is 1.84. The number of aryl methyl sites for hydroxylation is 3. The molecule has 0 bridgehead atoms. The zero-order valence-electron chi connectivity index (χ0n) is 15.4. The Labute approximate surface area is 158 Å². The van der Waals surface area contributed by atoms with Gasteiger partial charge >= 0.3 is 5.97 Å². The van der Waals surface area contributed by atoms with Crippen LogP contribution in [0.5, 0.6) is 0 Å². The van der Waals surface area contributed by atoms with Crippen molar-refractivity contribution < 1.29 is 22.7 Å². The highest BCUT2D eigenvalue weighted by Gasteiger charge is 2.17. The summed E-state index contributed by atoms with van der Waals surface area (Å²) >= 11 is 0. The van der Waals surface area contributed by atoms with Gasteiger partial charge in [-0.2, -0.15) is 4.72 Å². The van der Waals surface area contributed by atoms with Crippen LogP contribution in [0.4, 0.5) is 5.69 Å². The van der Waals surface area contributed by atoms with Crippen molar-refractivity contribution in [1.29, 1.82) is 0 Å². The highest BCUT2D eigenvalue weighted by Crippen LogP contribution is 2.19.